The Kier molecular flexibility index (Phi) is 5.37. The lowest BCUT2D eigenvalue weighted by molar-refractivity contribution is -0.137. The summed E-state index contributed by atoms with van der Waals surface area (Å²) in [6, 6.07) is 0.133. The predicted octanol–water partition coefficient (Wildman–Crippen LogP) is -0.133. The van der Waals surface area contributed by atoms with Crippen molar-refractivity contribution in [2.24, 2.45) is 11.7 Å². The highest BCUT2D eigenvalue weighted by Crippen LogP contribution is 2.24. The van der Waals surface area contributed by atoms with Crippen molar-refractivity contribution in [3.63, 3.8) is 0 Å². The molecule has 2 amide bonds. The molecule has 2 aliphatic rings. The van der Waals surface area contributed by atoms with E-state index < -0.39 is 0 Å². The van der Waals surface area contributed by atoms with Gasteiger partial charge in [-0.3, -0.25) is 9.59 Å². The van der Waals surface area contributed by atoms with E-state index in [9.17, 15) is 9.59 Å². The van der Waals surface area contributed by atoms with Gasteiger partial charge < -0.3 is 20.7 Å². The molecule has 6 nitrogen and oxygen atoms in total. The van der Waals surface area contributed by atoms with Gasteiger partial charge in [-0.2, -0.15) is 0 Å². The third-order valence-electron chi connectivity index (χ3n) is 4.31. The Labute approximate surface area is 120 Å². The van der Waals surface area contributed by atoms with Crippen LogP contribution in [0, 0.1) is 5.92 Å². The SMILES string of the molecule is CC(NC1CCC(C(N)=O)CC1)C(=O)N1CCOCC1. The smallest absolute Gasteiger partial charge is 0.239 e. The molecule has 0 bridgehead atoms. The summed E-state index contributed by atoms with van der Waals surface area (Å²) in [5.74, 6) is -0.0375. The number of hydrogen-bond donors (Lipinski definition) is 2. The van der Waals surface area contributed by atoms with Crippen LogP contribution in [0.15, 0.2) is 0 Å². The van der Waals surface area contributed by atoms with Crippen LogP contribution in [-0.2, 0) is 14.3 Å². The normalized spacial score (nSPS) is 28.9. The molecule has 1 aliphatic heterocycles. The van der Waals surface area contributed by atoms with Crippen molar-refractivity contribution in [2.75, 3.05) is 26.3 Å². The van der Waals surface area contributed by atoms with Crippen LogP contribution in [0.5, 0.6) is 0 Å². The van der Waals surface area contributed by atoms with E-state index in [0.717, 1.165) is 25.7 Å². The van der Waals surface area contributed by atoms with Gasteiger partial charge in [0.05, 0.1) is 19.3 Å². The Balaban J connectivity index is 1.75. The molecule has 0 aromatic heterocycles. The zero-order valence-corrected chi connectivity index (χ0v) is 12.1. The van der Waals surface area contributed by atoms with Crippen molar-refractivity contribution in [3.8, 4) is 0 Å². The summed E-state index contributed by atoms with van der Waals surface area (Å²) in [5.41, 5.74) is 5.33. The second-order valence-electron chi connectivity index (χ2n) is 5.78. The predicted molar refractivity (Wildman–Crippen MR) is 74.9 cm³/mol. The molecule has 6 heteroatoms. The van der Waals surface area contributed by atoms with E-state index in [4.69, 9.17) is 10.5 Å². The molecule has 1 saturated heterocycles. The second kappa shape index (κ2) is 7.04. The minimum Gasteiger partial charge on any atom is -0.378 e. The van der Waals surface area contributed by atoms with Crippen molar-refractivity contribution >= 4 is 11.8 Å². The molecule has 0 aromatic carbocycles. The zero-order chi connectivity index (χ0) is 14.5. The van der Waals surface area contributed by atoms with Crippen molar-refractivity contribution in [1.29, 1.82) is 0 Å². The molecule has 3 N–H and O–H groups in total. The van der Waals surface area contributed by atoms with Crippen LogP contribution < -0.4 is 11.1 Å². The van der Waals surface area contributed by atoms with Gasteiger partial charge in [0.25, 0.3) is 0 Å². The first-order chi connectivity index (χ1) is 9.58. The second-order valence-corrected chi connectivity index (χ2v) is 5.78. The van der Waals surface area contributed by atoms with Crippen molar-refractivity contribution < 1.29 is 14.3 Å². The van der Waals surface area contributed by atoms with E-state index in [0.29, 0.717) is 32.3 Å². The molecular weight excluding hydrogens is 258 g/mol. The number of nitrogens with two attached hydrogens (primary N) is 1. The molecule has 1 saturated carbocycles. The minimum atomic E-state index is -0.194. The zero-order valence-electron chi connectivity index (χ0n) is 12.1. The topological polar surface area (TPSA) is 84.7 Å². The van der Waals surface area contributed by atoms with E-state index in [1.165, 1.54) is 0 Å². The van der Waals surface area contributed by atoms with E-state index in [1.807, 2.05) is 11.8 Å². The maximum Gasteiger partial charge on any atom is 0.239 e. The molecule has 0 radical (unpaired) electrons. The Hall–Kier alpha value is -1.14. The van der Waals surface area contributed by atoms with Crippen LogP contribution in [0.3, 0.4) is 0 Å². The van der Waals surface area contributed by atoms with Gasteiger partial charge in [0.15, 0.2) is 0 Å². The number of morpholine rings is 1. The third-order valence-corrected chi connectivity index (χ3v) is 4.31. The summed E-state index contributed by atoms with van der Waals surface area (Å²) in [6.07, 6.45) is 3.47. The van der Waals surface area contributed by atoms with E-state index in [2.05, 4.69) is 5.32 Å². The van der Waals surface area contributed by atoms with Gasteiger partial charge in [0.2, 0.25) is 11.8 Å². The highest BCUT2D eigenvalue weighted by Gasteiger charge is 2.28. The summed E-state index contributed by atoms with van der Waals surface area (Å²) in [6.45, 7) is 4.53. The van der Waals surface area contributed by atoms with Gasteiger partial charge in [0, 0.05) is 25.0 Å². The average molecular weight is 283 g/mol. The molecule has 1 unspecified atom stereocenters. The molecule has 1 heterocycles. The van der Waals surface area contributed by atoms with Crippen LogP contribution in [0.4, 0.5) is 0 Å². The lowest BCUT2D eigenvalue weighted by atomic mass is 9.85. The van der Waals surface area contributed by atoms with Crippen LogP contribution in [0.25, 0.3) is 0 Å². The molecule has 0 aromatic rings. The fraction of sp³-hybridized carbons (Fsp3) is 0.857. The van der Waals surface area contributed by atoms with Crippen molar-refractivity contribution in [3.05, 3.63) is 0 Å². The number of primary amides is 1. The minimum absolute atomic E-state index is 0.0123. The molecule has 0 spiro atoms. The highest BCUT2D eigenvalue weighted by atomic mass is 16.5. The van der Waals surface area contributed by atoms with Gasteiger partial charge in [-0.15, -0.1) is 0 Å². The maximum absolute atomic E-state index is 12.3. The summed E-state index contributed by atoms with van der Waals surface area (Å²) >= 11 is 0. The molecule has 1 aliphatic carbocycles. The Morgan fingerprint density at radius 1 is 1.20 bits per heavy atom. The highest BCUT2D eigenvalue weighted by molar-refractivity contribution is 5.81. The van der Waals surface area contributed by atoms with E-state index >= 15 is 0 Å². The number of hydrogen-bond acceptors (Lipinski definition) is 4. The number of nitrogens with zero attached hydrogens (tertiary/aromatic N) is 1. The third kappa shape index (κ3) is 3.93. The fourth-order valence-corrected chi connectivity index (χ4v) is 3.03. The molecule has 1 atom stereocenters. The number of rotatable bonds is 4. The fourth-order valence-electron chi connectivity index (χ4n) is 3.03. The van der Waals surface area contributed by atoms with Gasteiger partial charge in [-0.25, -0.2) is 0 Å². The largest absolute Gasteiger partial charge is 0.378 e. The van der Waals surface area contributed by atoms with Crippen molar-refractivity contribution in [1.82, 2.24) is 10.2 Å². The number of ether oxygens (including phenoxy) is 1. The quantitative estimate of drug-likeness (QED) is 0.752. The Morgan fingerprint density at radius 2 is 1.80 bits per heavy atom. The molecular formula is C14H25N3O3. The monoisotopic (exact) mass is 283 g/mol. The first kappa shape index (κ1) is 15.3. The van der Waals surface area contributed by atoms with E-state index in [1.54, 1.807) is 0 Å². The summed E-state index contributed by atoms with van der Waals surface area (Å²) in [7, 11) is 0. The first-order valence-electron chi connectivity index (χ1n) is 7.50. The number of amides is 2. The van der Waals surface area contributed by atoms with Crippen LogP contribution in [-0.4, -0.2) is 55.1 Å². The molecule has 114 valence electrons. The number of carbonyl (C=O) groups is 2. The average Bonchev–Trinajstić information content (AvgIpc) is 2.48. The molecule has 2 fully saturated rings. The molecule has 2 rings (SSSR count). The maximum atomic E-state index is 12.3. The van der Waals surface area contributed by atoms with Gasteiger partial charge >= 0.3 is 0 Å². The van der Waals surface area contributed by atoms with Crippen LogP contribution >= 0.6 is 0 Å². The summed E-state index contributed by atoms with van der Waals surface area (Å²) in [5, 5.41) is 3.39. The Bertz CT molecular complexity index is 348. The lowest BCUT2D eigenvalue weighted by Crippen LogP contribution is -2.52. The molecule has 20 heavy (non-hydrogen) atoms. The summed E-state index contributed by atoms with van der Waals surface area (Å²) in [4.78, 5) is 25.3. The van der Waals surface area contributed by atoms with Gasteiger partial charge in [0.1, 0.15) is 0 Å². The summed E-state index contributed by atoms with van der Waals surface area (Å²) < 4.78 is 5.26. The number of nitrogens with one attached hydrogen (secondary N) is 1. The first-order valence-corrected chi connectivity index (χ1v) is 7.50. The van der Waals surface area contributed by atoms with Crippen molar-refractivity contribution in [2.45, 2.75) is 44.7 Å². The van der Waals surface area contributed by atoms with Gasteiger partial charge in [-0.1, -0.05) is 0 Å². The standard InChI is InChI=1S/C14H25N3O3/c1-10(14(19)17-6-8-20-9-7-17)16-12-4-2-11(3-5-12)13(15)18/h10-12,16H,2-9H2,1H3,(H2,15,18). The van der Waals surface area contributed by atoms with Crippen LogP contribution in [0.1, 0.15) is 32.6 Å². The lowest BCUT2D eigenvalue weighted by Gasteiger charge is -2.33. The number of carbonyl (C=O) groups excluding carboxylic acids is 2. The van der Waals surface area contributed by atoms with E-state index in [-0.39, 0.29) is 23.8 Å². The van der Waals surface area contributed by atoms with Gasteiger partial charge in [-0.05, 0) is 32.6 Å². The van der Waals surface area contributed by atoms with Crippen LogP contribution in [0.2, 0.25) is 0 Å². The Morgan fingerprint density at radius 3 is 2.35 bits per heavy atom.